The lowest BCUT2D eigenvalue weighted by Gasteiger charge is -2.32. The fourth-order valence-corrected chi connectivity index (χ4v) is 4.91. The van der Waals surface area contributed by atoms with Gasteiger partial charge in [0.1, 0.15) is 6.07 Å². The number of rotatable bonds is 4. The Morgan fingerprint density at radius 1 is 1.23 bits per heavy atom. The zero-order chi connectivity index (χ0) is 22.1. The summed E-state index contributed by atoms with van der Waals surface area (Å²) in [7, 11) is 0. The summed E-state index contributed by atoms with van der Waals surface area (Å²) in [6, 6.07) is 14.6. The summed E-state index contributed by atoms with van der Waals surface area (Å²) in [5.41, 5.74) is 4.82. The number of carbonyl (C=O) groups is 1. The van der Waals surface area contributed by atoms with Crippen LogP contribution in [0, 0.1) is 11.3 Å². The van der Waals surface area contributed by atoms with Gasteiger partial charge in [0.05, 0.1) is 10.6 Å². The summed E-state index contributed by atoms with van der Waals surface area (Å²) in [6.45, 7) is 9.32. The number of anilines is 1. The minimum atomic E-state index is -0.00833. The van der Waals surface area contributed by atoms with Crippen molar-refractivity contribution < 1.29 is 4.79 Å². The third-order valence-electron chi connectivity index (χ3n) is 6.56. The van der Waals surface area contributed by atoms with Gasteiger partial charge in [-0.15, -0.1) is 0 Å². The second-order valence-electron chi connectivity index (χ2n) is 8.98. The van der Waals surface area contributed by atoms with Crippen molar-refractivity contribution in [2.24, 2.45) is 0 Å². The van der Waals surface area contributed by atoms with Gasteiger partial charge in [-0.1, -0.05) is 17.7 Å². The largest absolute Gasteiger partial charge is 0.367 e. The maximum absolute atomic E-state index is 12.9. The summed E-state index contributed by atoms with van der Waals surface area (Å²) in [5, 5.41) is 12.8. The first-order chi connectivity index (χ1) is 14.9. The Balaban J connectivity index is 1.42. The van der Waals surface area contributed by atoms with Crippen LogP contribution in [-0.4, -0.2) is 42.0 Å². The van der Waals surface area contributed by atoms with Crippen LogP contribution in [0.4, 0.5) is 5.69 Å². The number of halogens is 1. The van der Waals surface area contributed by atoms with E-state index in [1.165, 1.54) is 11.1 Å². The van der Waals surface area contributed by atoms with Crippen molar-refractivity contribution in [3.05, 3.63) is 63.7 Å². The van der Waals surface area contributed by atoms with E-state index in [1.54, 1.807) is 6.07 Å². The highest BCUT2D eigenvalue weighted by Gasteiger charge is 2.31. The van der Waals surface area contributed by atoms with Crippen molar-refractivity contribution in [2.45, 2.75) is 58.3 Å². The molecule has 1 amide bonds. The van der Waals surface area contributed by atoms with Gasteiger partial charge in [0.25, 0.3) is 5.91 Å². The third kappa shape index (κ3) is 4.56. The highest BCUT2D eigenvalue weighted by atomic mass is 35.5. The summed E-state index contributed by atoms with van der Waals surface area (Å²) >= 11 is 6.22. The number of hydrogen-bond donors (Lipinski definition) is 1. The van der Waals surface area contributed by atoms with E-state index < -0.39 is 0 Å². The Morgan fingerprint density at radius 2 is 2.03 bits per heavy atom. The maximum atomic E-state index is 12.9. The molecular weight excluding hydrogens is 408 g/mol. The zero-order valence-corrected chi connectivity index (χ0v) is 19.1. The molecule has 0 saturated carbocycles. The van der Waals surface area contributed by atoms with Crippen molar-refractivity contribution in [3.63, 3.8) is 0 Å². The van der Waals surface area contributed by atoms with E-state index in [4.69, 9.17) is 16.9 Å². The topological polar surface area (TPSA) is 59.4 Å². The molecule has 0 aliphatic carbocycles. The molecule has 2 unspecified atom stereocenters. The molecular formula is C25H29ClN4O. The molecule has 1 fully saturated rings. The number of nitriles is 1. The predicted molar refractivity (Wildman–Crippen MR) is 125 cm³/mol. The van der Waals surface area contributed by atoms with Crippen LogP contribution in [0.1, 0.15) is 54.2 Å². The van der Waals surface area contributed by atoms with Crippen molar-refractivity contribution in [1.29, 1.82) is 5.26 Å². The van der Waals surface area contributed by atoms with Crippen molar-refractivity contribution in [1.82, 2.24) is 10.2 Å². The summed E-state index contributed by atoms with van der Waals surface area (Å²) in [6.07, 6.45) is 1.86. The average molecular weight is 437 g/mol. The Labute approximate surface area is 189 Å². The number of carbonyl (C=O) groups excluding carboxylic acids is 1. The monoisotopic (exact) mass is 436 g/mol. The summed E-state index contributed by atoms with van der Waals surface area (Å²) in [4.78, 5) is 17.7. The van der Waals surface area contributed by atoms with E-state index in [0.29, 0.717) is 16.6 Å². The molecule has 2 aliphatic heterocycles. The minimum absolute atomic E-state index is 0.00833. The predicted octanol–water partition coefficient (Wildman–Crippen LogP) is 4.38. The Kier molecular flexibility index (Phi) is 6.22. The Bertz CT molecular complexity index is 1030. The van der Waals surface area contributed by atoms with Crippen LogP contribution in [0.15, 0.2) is 36.4 Å². The molecule has 0 spiro atoms. The van der Waals surface area contributed by atoms with Gasteiger partial charge in [0.2, 0.25) is 0 Å². The van der Waals surface area contributed by atoms with Crippen LogP contribution in [0.5, 0.6) is 0 Å². The number of benzene rings is 2. The molecule has 31 heavy (non-hydrogen) atoms. The molecule has 2 aliphatic rings. The number of hydrogen-bond acceptors (Lipinski definition) is 4. The first kappa shape index (κ1) is 21.7. The van der Waals surface area contributed by atoms with Gasteiger partial charge >= 0.3 is 0 Å². The molecule has 5 nitrogen and oxygen atoms in total. The van der Waals surface area contributed by atoms with Gasteiger partial charge in [-0.2, -0.15) is 5.26 Å². The minimum Gasteiger partial charge on any atom is -0.367 e. The van der Waals surface area contributed by atoms with Gasteiger partial charge in [-0.05, 0) is 75.1 Å². The van der Waals surface area contributed by atoms with Crippen LogP contribution in [0.3, 0.4) is 0 Å². The smallest absolute Gasteiger partial charge is 0.251 e. The molecule has 2 aromatic rings. The van der Waals surface area contributed by atoms with Crippen LogP contribution >= 0.6 is 11.6 Å². The molecule has 1 N–H and O–H groups in total. The lowest BCUT2D eigenvalue weighted by Crippen LogP contribution is -2.38. The third-order valence-corrected chi connectivity index (χ3v) is 6.87. The molecule has 0 aromatic heterocycles. The zero-order valence-electron chi connectivity index (χ0n) is 18.4. The summed E-state index contributed by atoms with van der Waals surface area (Å²) in [5.74, 6) is -0.00833. The van der Waals surface area contributed by atoms with Gasteiger partial charge in [-0.25, -0.2) is 0 Å². The Morgan fingerprint density at radius 3 is 2.74 bits per heavy atom. The van der Waals surface area contributed by atoms with E-state index in [0.717, 1.165) is 43.7 Å². The number of nitrogens with zero attached hydrogens (tertiary/aromatic N) is 3. The summed E-state index contributed by atoms with van der Waals surface area (Å²) < 4.78 is 0. The second-order valence-corrected chi connectivity index (χ2v) is 9.39. The molecule has 2 heterocycles. The maximum Gasteiger partial charge on any atom is 0.251 e. The number of amides is 1. The standard InChI is InChI=1S/C25H29ClN4O/c1-16(2)29-9-8-18-11-19(4-5-21(18)14-29)25(31)28-22-10-17(3)30(15-22)23-7-6-20(13-27)24(26)12-23/h4-7,11-12,16-17,22H,8-10,14-15H2,1-3H3,(H,28,31). The molecule has 162 valence electrons. The molecule has 2 aromatic carbocycles. The van der Waals surface area contributed by atoms with Crippen molar-refractivity contribution >= 4 is 23.2 Å². The van der Waals surface area contributed by atoms with Crippen LogP contribution in [0.25, 0.3) is 0 Å². The van der Waals surface area contributed by atoms with Crippen LogP contribution < -0.4 is 10.2 Å². The molecule has 6 heteroatoms. The van der Waals surface area contributed by atoms with Gasteiger partial charge in [-0.3, -0.25) is 9.69 Å². The lowest BCUT2D eigenvalue weighted by molar-refractivity contribution is 0.0939. The first-order valence-electron chi connectivity index (χ1n) is 11.0. The average Bonchev–Trinajstić information content (AvgIpc) is 3.12. The molecule has 0 bridgehead atoms. The van der Waals surface area contributed by atoms with E-state index >= 15 is 0 Å². The lowest BCUT2D eigenvalue weighted by atomic mass is 9.96. The SMILES string of the molecule is CC(C)N1CCc2cc(C(=O)NC3CC(C)N(c4ccc(C#N)c(Cl)c4)C3)ccc2C1. The van der Waals surface area contributed by atoms with Crippen LogP contribution in [-0.2, 0) is 13.0 Å². The van der Waals surface area contributed by atoms with E-state index in [9.17, 15) is 4.79 Å². The molecule has 2 atom stereocenters. The highest BCUT2D eigenvalue weighted by molar-refractivity contribution is 6.32. The fourth-order valence-electron chi connectivity index (χ4n) is 4.69. The molecule has 1 saturated heterocycles. The number of nitrogens with one attached hydrogen (secondary N) is 1. The van der Waals surface area contributed by atoms with Crippen LogP contribution in [0.2, 0.25) is 5.02 Å². The van der Waals surface area contributed by atoms with Gasteiger partial charge in [0, 0.05) is 49.0 Å². The first-order valence-corrected chi connectivity index (χ1v) is 11.4. The molecule has 4 rings (SSSR count). The molecule has 0 radical (unpaired) electrons. The Hall–Kier alpha value is -2.55. The van der Waals surface area contributed by atoms with E-state index in [2.05, 4.69) is 54.1 Å². The quantitative estimate of drug-likeness (QED) is 0.772. The number of fused-ring (bicyclic) bond motifs is 1. The van der Waals surface area contributed by atoms with Crippen molar-refractivity contribution in [3.8, 4) is 6.07 Å². The second kappa shape index (κ2) is 8.90. The van der Waals surface area contributed by atoms with E-state index in [1.807, 2.05) is 18.2 Å². The van der Waals surface area contributed by atoms with Crippen molar-refractivity contribution in [2.75, 3.05) is 18.0 Å². The van der Waals surface area contributed by atoms with Gasteiger partial charge < -0.3 is 10.2 Å². The van der Waals surface area contributed by atoms with Gasteiger partial charge in [0.15, 0.2) is 0 Å². The normalized spacial score (nSPS) is 21.1. The van der Waals surface area contributed by atoms with E-state index in [-0.39, 0.29) is 18.0 Å². The fraction of sp³-hybridized carbons (Fsp3) is 0.440. The highest BCUT2D eigenvalue weighted by Crippen LogP contribution is 2.29.